The van der Waals surface area contributed by atoms with E-state index in [4.69, 9.17) is 0 Å². The molecule has 1 saturated heterocycles. The normalized spacial score (nSPS) is 18.6. The lowest BCUT2D eigenvalue weighted by molar-refractivity contribution is -0.384. The number of carbonyl (C=O) groups is 1. The highest BCUT2D eigenvalue weighted by Crippen LogP contribution is 2.33. The lowest BCUT2D eigenvalue weighted by Gasteiger charge is -2.29. The first-order chi connectivity index (χ1) is 12.2. The molecule has 1 aliphatic rings. The molecule has 0 aliphatic carbocycles. The van der Waals surface area contributed by atoms with Gasteiger partial charge in [0.05, 0.1) is 33.0 Å². The molecule has 1 aliphatic heterocycles. The van der Waals surface area contributed by atoms with Gasteiger partial charge in [0.15, 0.2) is 5.13 Å². The molecule has 9 nitrogen and oxygen atoms in total. The molecule has 3 rings (SSSR count). The van der Waals surface area contributed by atoms with E-state index < -0.39 is 20.9 Å². The van der Waals surface area contributed by atoms with Crippen molar-refractivity contribution in [1.29, 1.82) is 0 Å². The molecule has 3 heterocycles. The molecule has 12 heteroatoms. The van der Waals surface area contributed by atoms with E-state index in [0.29, 0.717) is 35.1 Å². The Morgan fingerprint density at radius 1 is 1.42 bits per heavy atom. The van der Waals surface area contributed by atoms with Crippen LogP contribution in [0.3, 0.4) is 0 Å². The lowest BCUT2D eigenvalue weighted by Crippen LogP contribution is -2.43. The van der Waals surface area contributed by atoms with E-state index in [-0.39, 0.29) is 18.1 Å². The quantitative estimate of drug-likeness (QED) is 0.590. The van der Waals surface area contributed by atoms with E-state index in [1.807, 2.05) is 0 Å². The molecule has 1 unspecified atom stereocenters. The molecular weight excluding hydrogens is 400 g/mol. The van der Waals surface area contributed by atoms with Crippen molar-refractivity contribution in [3.63, 3.8) is 0 Å². The minimum atomic E-state index is -3.32. The van der Waals surface area contributed by atoms with Crippen molar-refractivity contribution >= 4 is 49.4 Å². The smallest absolute Gasteiger partial charge is 0.280 e. The molecular formula is C14H16N4O5S3. The number of hydrogen-bond acceptors (Lipinski definition) is 8. The number of piperidine rings is 1. The van der Waals surface area contributed by atoms with Gasteiger partial charge in [0.25, 0.3) is 5.69 Å². The van der Waals surface area contributed by atoms with Crippen molar-refractivity contribution in [1.82, 2.24) is 9.29 Å². The van der Waals surface area contributed by atoms with E-state index in [1.165, 1.54) is 38.4 Å². The van der Waals surface area contributed by atoms with Crippen LogP contribution in [0.5, 0.6) is 0 Å². The number of nitro groups is 1. The van der Waals surface area contributed by atoms with Gasteiger partial charge in [-0.15, -0.1) is 22.7 Å². The van der Waals surface area contributed by atoms with Crippen molar-refractivity contribution in [3.05, 3.63) is 26.9 Å². The first kappa shape index (κ1) is 18.9. The average Bonchev–Trinajstić information content (AvgIpc) is 3.23. The van der Waals surface area contributed by atoms with Gasteiger partial charge in [-0.2, -0.15) is 0 Å². The molecule has 1 N–H and O–H groups in total. The zero-order valence-electron chi connectivity index (χ0n) is 13.7. The maximum Gasteiger partial charge on any atom is 0.280 e. The summed E-state index contributed by atoms with van der Waals surface area (Å²) in [6, 6.07) is 1.44. The molecule has 0 bridgehead atoms. The van der Waals surface area contributed by atoms with Crippen molar-refractivity contribution in [2.45, 2.75) is 12.8 Å². The molecule has 140 valence electrons. The number of carbonyl (C=O) groups excluding carboxylic acids is 1. The number of thiophene rings is 1. The number of hydrogen-bond donors (Lipinski definition) is 1. The molecule has 1 amide bonds. The van der Waals surface area contributed by atoms with Crippen LogP contribution >= 0.6 is 22.7 Å². The highest BCUT2D eigenvalue weighted by Gasteiger charge is 2.30. The van der Waals surface area contributed by atoms with Crippen LogP contribution in [0.2, 0.25) is 0 Å². The van der Waals surface area contributed by atoms with E-state index in [2.05, 4.69) is 10.3 Å². The second kappa shape index (κ2) is 7.39. The largest absolute Gasteiger partial charge is 0.302 e. The Bertz CT molecular complexity index is 936. The minimum Gasteiger partial charge on any atom is -0.302 e. The Balaban J connectivity index is 1.66. The summed E-state index contributed by atoms with van der Waals surface area (Å²) in [7, 11) is -3.32. The molecule has 0 saturated carbocycles. The monoisotopic (exact) mass is 416 g/mol. The summed E-state index contributed by atoms with van der Waals surface area (Å²) < 4.78 is 24.6. The molecule has 2 aromatic heterocycles. The van der Waals surface area contributed by atoms with Crippen molar-refractivity contribution in [2.75, 3.05) is 24.7 Å². The summed E-state index contributed by atoms with van der Waals surface area (Å²) >= 11 is 2.43. The molecule has 1 atom stereocenters. The fraction of sp³-hybridized carbons (Fsp3) is 0.429. The standard InChI is InChI=1S/C14H16N4O5S3/c1-26(22,23)17-4-2-3-9(6-17)13(19)16-14-15-11(8-25-14)12-5-10(7-24-12)18(20)21/h5,7-9H,2-4,6H2,1H3,(H,15,16,19). The summed E-state index contributed by atoms with van der Waals surface area (Å²) in [5.74, 6) is -0.690. The van der Waals surface area contributed by atoms with Gasteiger partial charge >= 0.3 is 0 Å². The van der Waals surface area contributed by atoms with E-state index in [9.17, 15) is 23.3 Å². The predicted molar refractivity (Wildman–Crippen MR) is 99.9 cm³/mol. The van der Waals surface area contributed by atoms with Crippen molar-refractivity contribution in [2.24, 2.45) is 5.92 Å². The maximum absolute atomic E-state index is 12.4. The summed E-state index contributed by atoms with van der Waals surface area (Å²) in [5, 5.41) is 17.0. The number of nitrogens with one attached hydrogen (secondary N) is 1. The molecule has 1 fully saturated rings. The van der Waals surface area contributed by atoms with E-state index >= 15 is 0 Å². The zero-order valence-corrected chi connectivity index (χ0v) is 16.2. The molecule has 26 heavy (non-hydrogen) atoms. The first-order valence-corrected chi connectivity index (χ1v) is 11.3. The van der Waals surface area contributed by atoms with Crippen LogP contribution in [0.25, 0.3) is 10.6 Å². The van der Waals surface area contributed by atoms with Crippen LogP contribution in [0.4, 0.5) is 10.8 Å². The Morgan fingerprint density at radius 3 is 2.85 bits per heavy atom. The number of nitrogens with zero attached hydrogens (tertiary/aromatic N) is 3. The van der Waals surface area contributed by atoms with Gasteiger partial charge in [0.1, 0.15) is 0 Å². The number of thiazole rings is 1. The zero-order chi connectivity index (χ0) is 18.9. The summed E-state index contributed by atoms with van der Waals surface area (Å²) in [4.78, 5) is 27.7. The fourth-order valence-electron chi connectivity index (χ4n) is 2.67. The Kier molecular flexibility index (Phi) is 5.37. The van der Waals surface area contributed by atoms with Crippen molar-refractivity contribution < 1.29 is 18.1 Å². The molecule has 2 aromatic rings. The SMILES string of the molecule is CS(=O)(=O)N1CCCC(C(=O)Nc2nc(-c3cc([N+](=O)[O-])cs3)cs2)C1. The van der Waals surface area contributed by atoms with Crippen LogP contribution in [0.1, 0.15) is 12.8 Å². The number of sulfonamides is 1. The van der Waals surface area contributed by atoms with Crippen LogP contribution in [0.15, 0.2) is 16.8 Å². The molecule has 0 radical (unpaired) electrons. The van der Waals surface area contributed by atoms with Crippen LogP contribution < -0.4 is 5.32 Å². The minimum absolute atomic E-state index is 0.00616. The molecule has 0 spiro atoms. The Morgan fingerprint density at radius 2 is 2.19 bits per heavy atom. The fourth-order valence-corrected chi connectivity index (χ4v) is 5.18. The van der Waals surface area contributed by atoms with Crippen molar-refractivity contribution in [3.8, 4) is 10.6 Å². The van der Waals surface area contributed by atoms with E-state index in [1.54, 1.807) is 5.38 Å². The van der Waals surface area contributed by atoms with Gasteiger partial charge in [0.2, 0.25) is 15.9 Å². The van der Waals surface area contributed by atoms with Gasteiger partial charge in [0, 0.05) is 24.5 Å². The number of anilines is 1. The number of rotatable bonds is 5. The maximum atomic E-state index is 12.4. The first-order valence-electron chi connectivity index (χ1n) is 7.69. The highest BCUT2D eigenvalue weighted by molar-refractivity contribution is 7.88. The number of aromatic nitrogens is 1. The third-order valence-corrected chi connectivity index (χ3v) is 6.97. The third-order valence-electron chi connectivity index (χ3n) is 4.01. The predicted octanol–water partition coefficient (Wildman–Crippen LogP) is 2.39. The van der Waals surface area contributed by atoms with Gasteiger partial charge in [-0.3, -0.25) is 14.9 Å². The van der Waals surface area contributed by atoms with Gasteiger partial charge in [-0.05, 0) is 12.8 Å². The Hall–Kier alpha value is -1.89. The van der Waals surface area contributed by atoms with Gasteiger partial charge in [-0.1, -0.05) is 0 Å². The van der Waals surface area contributed by atoms with Gasteiger partial charge < -0.3 is 5.32 Å². The lowest BCUT2D eigenvalue weighted by atomic mass is 9.99. The highest BCUT2D eigenvalue weighted by atomic mass is 32.2. The summed E-state index contributed by atoms with van der Waals surface area (Å²) in [6.45, 7) is 0.598. The van der Waals surface area contributed by atoms with Crippen LogP contribution in [0, 0.1) is 16.0 Å². The second-order valence-electron chi connectivity index (χ2n) is 5.91. The second-order valence-corrected chi connectivity index (χ2v) is 9.67. The summed E-state index contributed by atoms with van der Waals surface area (Å²) in [6.07, 6.45) is 2.39. The summed E-state index contributed by atoms with van der Waals surface area (Å²) in [5.41, 5.74) is 0.566. The van der Waals surface area contributed by atoms with E-state index in [0.717, 1.165) is 6.26 Å². The van der Waals surface area contributed by atoms with Crippen LogP contribution in [-0.2, 0) is 14.8 Å². The number of amides is 1. The molecule has 0 aromatic carbocycles. The van der Waals surface area contributed by atoms with Gasteiger partial charge in [-0.25, -0.2) is 17.7 Å². The Labute approximate surface area is 157 Å². The van der Waals surface area contributed by atoms with Crippen LogP contribution in [-0.4, -0.2) is 47.9 Å². The topological polar surface area (TPSA) is 123 Å². The third kappa shape index (κ3) is 4.26. The average molecular weight is 417 g/mol.